The molecule has 0 heterocycles. The topological polar surface area (TPSA) is 122 Å². The Labute approximate surface area is 185 Å². The zero-order valence-corrected chi connectivity index (χ0v) is 18.0. The lowest BCUT2D eigenvalue weighted by atomic mass is 10.1. The number of hydrogen-bond acceptors (Lipinski definition) is 4. The summed E-state index contributed by atoms with van der Waals surface area (Å²) in [7, 11) is 0. The molecule has 32 heavy (non-hydrogen) atoms. The average Bonchev–Trinajstić information content (AvgIpc) is 2.69. The van der Waals surface area contributed by atoms with Gasteiger partial charge in [0.15, 0.2) is 0 Å². The molecular weight excluding hydrogens is 427 g/mol. The molecule has 0 bridgehead atoms. The second kappa shape index (κ2) is 14.3. The molecule has 0 radical (unpaired) electrons. The first kappa shape index (κ1) is 27.3. The summed E-state index contributed by atoms with van der Waals surface area (Å²) >= 11 is 0. The van der Waals surface area contributed by atoms with Crippen LogP contribution in [0.1, 0.15) is 63.4 Å². The maximum Gasteiger partial charge on any atom is 0.389 e. The van der Waals surface area contributed by atoms with Gasteiger partial charge in [-0.1, -0.05) is 37.8 Å². The Kier molecular flexibility index (Phi) is 12.2. The minimum atomic E-state index is -4.11. The minimum absolute atomic E-state index is 0.112. The summed E-state index contributed by atoms with van der Waals surface area (Å²) in [5.41, 5.74) is 6.08. The van der Waals surface area contributed by atoms with Crippen molar-refractivity contribution in [1.29, 1.82) is 0 Å². The van der Waals surface area contributed by atoms with Crippen molar-refractivity contribution in [3.8, 4) is 5.75 Å². The zero-order chi connectivity index (χ0) is 24.0. The number of alkyl halides is 3. The molecule has 0 spiro atoms. The molecule has 1 aromatic rings. The van der Waals surface area contributed by atoms with Crippen LogP contribution in [-0.2, 0) is 20.8 Å². The summed E-state index contributed by atoms with van der Waals surface area (Å²) in [6.07, 6.45) is -1.31. The van der Waals surface area contributed by atoms with E-state index in [0.29, 0.717) is 32.1 Å². The van der Waals surface area contributed by atoms with Crippen LogP contribution < -0.4 is 16.4 Å². The summed E-state index contributed by atoms with van der Waals surface area (Å²) in [6.45, 7) is 0.281. The molecule has 180 valence electrons. The highest BCUT2D eigenvalue weighted by molar-refractivity contribution is 5.91. The molecule has 1 atom stereocenters. The van der Waals surface area contributed by atoms with Crippen LogP contribution in [0.4, 0.5) is 13.2 Å². The third kappa shape index (κ3) is 13.5. The van der Waals surface area contributed by atoms with Crippen LogP contribution >= 0.6 is 0 Å². The number of halogens is 3. The van der Waals surface area contributed by atoms with Gasteiger partial charge in [0.05, 0.1) is 6.42 Å². The number of aromatic hydroxyl groups is 1. The van der Waals surface area contributed by atoms with Crippen molar-refractivity contribution in [2.24, 2.45) is 5.73 Å². The minimum Gasteiger partial charge on any atom is -0.508 e. The second-order valence-electron chi connectivity index (χ2n) is 7.73. The smallest absolute Gasteiger partial charge is 0.389 e. The van der Waals surface area contributed by atoms with Crippen molar-refractivity contribution in [3.63, 3.8) is 0 Å². The van der Waals surface area contributed by atoms with Crippen LogP contribution in [0.3, 0.4) is 0 Å². The molecule has 1 aromatic carbocycles. The third-order valence-corrected chi connectivity index (χ3v) is 4.82. The van der Waals surface area contributed by atoms with E-state index < -0.39 is 30.5 Å². The van der Waals surface area contributed by atoms with Crippen molar-refractivity contribution in [1.82, 2.24) is 10.6 Å². The van der Waals surface area contributed by atoms with Gasteiger partial charge in [0.1, 0.15) is 11.8 Å². The van der Waals surface area contributed by atoms with Gasteiger partial charge >= 0.3 is 6.18 Å². The number of phenols is 1. The van der Waals surface area contributed by atoms with Crippen molar-refractivity contribution in [3.05, 3.63) is 29.8 Å². The lowest BCUT2D eigenvalue weighted by Gasteiger charge is -2.17. The van der Waals surface area contributed by atoms with Gasteiger partial charge < -0.3 is 21.5 Å². The number of amides is 3. The third-order valence-electron chi connectivity index (χ3n) is 4.82. The Morgan fingerprint density at radius 2 is 1.56 bits per heavy atom. The van der Waals surface area contributed by atoms with Gasteiger partial charge in [0.2, 0.25) is 17.7 Å². The highest BCUT2D eigenvalue weighted by Crippen LogP contribution is 2.23. The maximum atomic E-state index is 12.4. The average molecular weight is 460 g/mol. The van der Waals surface area contributed by atoms with Gasteiger partial charge in [-0.15, -0.1) is 0 Å². The van der Waals surface area contributed by atoms with Gasteiger partial charge in [0.25, 0.3) is 0 Å². The van der Waals surface area contributed by atoms with Crippen molar-refractivity contribution < 1.29 is 32.7 Å². The van der Waals surface area contributed by atoms with Crippen molar-refractivity contribution in [2.45, 2.75) is 76.4 Å². The van der Waals surface area contributed by atoms with Crippen LogP contribution in [0, 0.1) is 0 Å². The molecule has 0 aliphatic carbocycles. The largest absolute Gasteiger partial charge is 0.508 e. The maximum absolute atomic E-state index is 12.4. The van der Waals surface area contributed by atoms with E-state index in [1.807, 2.05) is 0 Å². The molecule has 0 aliphatic heterocycles. The van der Waals surface area contributed by atoms with Crippen LogP contribution in [-0.4, -0.2) is 41.6 Å². The van der Waals surface area contributed by atoms with Crippen LogP contribution in [0.5, 0.6) is 5.75 Å². The van der Waals surface area contributed by atoms with Crippen LogP contribution in [0.2, 0.25) is 0 Å². The molecule has 0 fully saturated rings. The molecule has 0 saturated carbocycles. The summed E-state index contributed by atoms with van der Waals surface area (Å²) in [6, 6.07) is 5.45. The van der Waals surface area contributed by atoms with Crippen LogP contribution in [0.25, 0.3) is 0 Å². The lowest BCUT2D eigenvalue weighted by Crippen LogP contribution is -2.48. The molecule has 3 amide bonds. The van der Waals surface area contributed by atoms with Gasteiger partial charge in [-0.3, -0.25) is 14.4 Å². The summed E-state index contributed by atoms with van der Waals surface area (Å²) in [5, 5.41) is 14.5. The second-order valence-corrected chi connectivity index (χ2v) is 7.73. The molecule has 0 aromatic heterocycles. The van der Waals surface area contributed by atoms with Gasteiger partial charge in [-0.25, -0.2) is 0 Å². The number of carbonyl (C=O) groups excluding carboxylic acids is 3. The van der Waals surface area contributed by atoms with E-state index in [2.05, 4.69) is 10.6 Å². The molecule has 5 N–H and O–H groups in total. The predicted molar refractivity (Wildman–Crippen MR) is 114 cm³/mol. The molecule has 7 nitrogen and oxygen atoms in total. The lowest BCUT2D eigenvalue weighted by molar-refractivity contribution is -0.135. The van der Waals surface area contributed by atoms with Crippen LogP contribution in [0.15, 0.2) is 24.3 Å². The van der Waals surface area contributed by atoms with Gasteiger partial charge in [-0.05, 0) is 37.0 Å². The highest BCUT2D eigenvalue weighted by Gasteiger charge is 2.25. The van der Waals surface area contributed by atoms with E-state index in [-0.39, 0.29) is 37.5 Å². The first-order valence-electron chi connectivity index (χ1n) is 10.8. The number of carbonyl (C=O) groups is 3. The van der Waals surface area contributed by atoms with Gasteiger partial charge in [-0.2, -0.15) is 13.2 Å². The molecular formula is C22H32F3N3O4. The first-order chi connectivity index (χ1) is 15.1. The molecule has 0 aliphatic rings. The summed E-state index contributed by atoms with van der Waals surface area (Å²) < 4.78 is 36.2. The Morgan fingerprint density at radius 3 is 2.16 bits per heavy atom. The molecule has 1 rings (SSSR count). The van der Waals surface area contributed by atoms with E-state index in [0.717, 1.165) is 12.0 Å². The van der Waals surface area contributed by atoms with E-state index >= 15 is 0 Å². The number of nitrogens with two attached hydrogens (primary N) is 1. The summed E-state index contributed by atoms with van der Waals surface area (Å²) in [5.74, 6) is -1.48. The first-order valence-corrected chi connectivity index (χ1v) is 10.8. The van der Waals surface area contributed by atoms with E-state index in [1.54, 1.807) is 12.1 Å². The van der Waals surface area contributed by atoms with E-state index in [4.69, 9.17) is 5.73 Å². The Morgan fingerprint density at radius 1 is 0.969 bits per heavy atom. The summed E-state index contributed by atoms with van der Waals surface area (Å²) in [4.78, 5) is 35.7. The Balaban J connectivity index is 2.28. The molecule has 0 unspecified atom stereocenters. The number of nitrogens with one attached hydrogen (secondary N) is 2. The molecule has 10 heteroatoms. The standard InChI is InChI=1S/C22H32F3N3O4/c23-22(24,25)13-6-4-2-1-3-5-7-20(31)28-18(15-19(26)30)21(32)27-14-12-16-8-10-17(29)11-9-16/h8-11,18,29H,1-7,12-15H2,(H2,26,30)(H,27,32)(H,28,31)/t18-/m1/s1. The van der Waals surface area contributed by atoms with E-state index in [9.17, 15) is 32.7 Å². The van der Waals surface area contributed by atoms with Crippen molar-refractivity contribution >= 4 is 17.7 Å². The van der Waals surface area contributed by atoms with Crippen molar-refractivity contribution in [2.75, 3.05) is 6.54 Å². The SMILES string of the molecule is NC(=O)C[C@@H](NC(=O)CCCCCCCCC(F)(F)F)C(=O)NCCc1ccc(O)cc1. The number of primary amides is 1. The van der Waals surface area contributed by atoms with E-state index in [1.165, 1.54) is 12.1 Å². The fourth-order valence-electron chi connectivity index (χ4n) is 3.11. The highest BCUT2D eigenvalue weighted by atomic mass is 19.4. The Hall–Kier alpha value is -2.78. The predicted octanol–water partition coefficient (Wildman–Crippen LogP) is 3.09. The fraction of sp³-hybridized carbons (Fsp3) is 0.591. The van der Waals surface area contributed by atoms with Gasteiger partial charge in [0, 0.05) is 19.4 Å². The number of hydrogen-bond donors (Lipinski definition) is 4. The quantitative estimate of drug-likeness (QED) is 0.301. The number of benzene rings is 1. The Bertz CT molecular complexity index is 724. The number of phenolic OH excluding ortho intramolecular Hbond substituents is 1. The fourth-order valence-corrected chi connectivity index (χ4v) is 3.11. The zero-order valence-electron chi connectivity index (χ0n) is 18.0. The number of unbranched alkanes of at least 4 members (excludes halogenated alkanes) is 5. The molecule has 0 saturated heterocycles. The normalized spacial score (nSPS) is 12.2. The number of rotatable bonds is 15. The monoisotopic (exact) mass is 459 g/mol.